The van der Waals surface area contributed by atoms with Gasteiger partial charge in [-0.1, -0.05) is 18.2 Å². The molecular formula is C23H26N4O2. The van der Waals surface area contributed by atoms with Gasteiger partial charge in [-0.3, -0.25) is 9.36 Å². The SMILES string of the molecule is Cc1cc(C)cc(NC(=O)N2CCC(n3cnc4c(C)cccc4c3=O)CC2)c1. The predicted molar refractivity (Wildman–Crippen MR) is 116 cm³/mol. The Morgan fingerprint density at radius 2 is 1.76 bits per heavy atom. The number of rotatable bonds is 2. The number of benzene rings is 2. The van der Waals surface area contributed by atoms with Crippen LogP contribution in [0, 0.1) is 20.8 Å². The van der Waals surface area contributed by atoms with Crippen molar-refractivity contribution in [1.29, 1.82) is 0 Å². The Morgan fingerprint density at radius 1 is 1.07 bits per heavy atom. The summed E-state index contributed by atoms with van der Waals surface area (Å²) in [7, 11) is 0. The number of anilines is 1. The third kappa shape index (κ3) is 3.88. The topological polar surface area (TPSA) is 67.2 Å². The molecule has 0 atom stereocenters. The number of urea groups is 1. The van der Waals surface area contributed by atoms with Crippen LogP contribution in [-0.4, -0.2) is 33.6 Å². The minimum Gasteiger partial charge on any atom is -0.324 e. The van der Waals surface area contributed by atoms with Crippen LogP contribution in [0.25, 0.3) is 10.9 Å². The van der Waals surface area contributed by atoms with Gasteiger partial charge < -0.3 is 10.2 Å². The molecule has 0 aliphatic carbocycles. The summed E-state index contributed by atoms with van der Waals surface area (Å²) in [5.41, 5.74) is 4.83. The Hall–Kier alpha value is -3.15. The first-order valence-corrected chi connectivity index (χ1v) is 10.0. The number of aryl methyl sites for hydroxylation is 3. The van der Waals surface area contributed by atoms with Crippen LogP contribution >= 0.6 is 0 Å². The Kier molecular flexibility index (Phi) is 5.09. The molecule has 4 rings (SSSR count). The van der Waals surface area contributed by atoms with E-state index >= 15 is 0 Å². The van der Waals surface area contributed by atoms with Crippen LogP contribution in [0.3, 0.4) is 0 Å². The van der Waals surface area contributed by atoms with Crippen molar-refractivity contribution < 1.29 is 4.79 Å². The zero-order valence-corrected chi connectivity index (χ0v) is 17.1. The third-order valence-electron chi connectivity index (χ3n) is 5.63. The summed E-state index contributed by atoms with van der Waals surface area (Å²) in [5.74, 6) is 0. The molecule has 29 heavy (non-hydrogen) atoms. The predicted octanol–water partition coefficient (Wildman–Crippen LogP) is 4.19. The van der Waals surface area contributed by atoms with Gasteiger partial charge in [0.1, 0.15) is 0 Å². The number of carbonyl (C=O) groups is 1. The summed E-state index contributed by atoms with van der Waals surface area (Å²) < 4.78 is 1.74. The molecule has 1 aliphatic heterocycles. The fraction of sp³-hybridized carbons (Fsp3) is 0.348. The van der Waals surface area contributed by atoms with E-state index in [1.165, 1.54) is 0 Å². The second-order valence-electron chi connectivity index (χ2n) is 7.95. The van der Waals surface area contributed by atoms with Crippen molar-refractivity contribution in [3.63, 3.8) is 0 Å². The lowest BCUT2D eigenvalue weighted by molar-refractivity contribution is 0.182. The molecule has 2 heterocycles. The molecule has 1 aromatic heterocycles. The van der Waals surface area contributed by atoms with E-state index in [1.54, 1.807) is 10.9 Å². The summed E-state index contributed by atoms with van der Waals surface area (Å²) in [6, 6.07) is 11.7. The molecule has 3 aromatic rings. The molecule has 0 saturated carbocycles. The van der Waals surface area contributed by atoms with Crippen LogP contribution in [0.2, 0.25) is 0 Å². The Balaban J connectivity index is 1.45. The zero-order valence-electron chi connectivity index (χ0n) is 17.1. The van der Waals surface area contributed by atoms with Crippen LogP contribution < -0.4 is 10.9 Å². The largest absolute Gasteiger partial charge is 0.324 e. The minimum absolute atomic E-state index is 0.00293. The highest BCUT2D eigenvalue weighted by molar-refractivity contribution is 5.89. The number of nitrogens with one attached hydrogen (secondary N) is 1. The van der Waals surface area contributed by atoms with Crippen LogP contribution in [0.1, 0.15) is 35.6 Å². The summed E-state index contributed by atoms with van der Waals surface area (Å²) in [4.78, 5) is 31.9. The molecule has 1 N–H and O–H groups in total. The lowest BCUT2D eigenvalue weighted by Crippen LogP contribution is -2.42. The molecule has 2 aromatic carbocycles. The van der Waals surface area contributed by atoms with Crippen molar-refractivity contribution in [1.82, 2.24) is 14.5 Å². The molecule has 0 radical (unpaired) electrons. The molecular weight excluding hydrogens is 364 g/mol. The van der Waals surface area contributed by atoms with Gasteiger partial charge in [-0.05, 0) is 68.5 Å². The number of likely N-dealkylation sites (tertiary alicyclic amines) is 1. The first-order valence-electron chi connectivity index (χ1n) is 10.0. The van der Waals surface area contributed by atoms with Crippen molar-refractivity contribution in [2.24, 2.45) is 0 Å². The van der Waals surface area contributed by atoms with Gasteiger partial charge >= 0.3 is 6.03 Å². The monoisotopic (exact) mass is 390 g/mol. The average Bonchev–Trinajstić information content (AvgIpc) is 2.68. The van der Waals surface area contributed by atoms with Gasteiger partial charge in [0.25, 0.3) is 5.56 Å². The Morgan fingerprint density at radius 3 is 2.45 bits per heavy atom. The lowest BCUT2D eigenvalue weighted by Gasteiger charge is -2.32. The standard InChI is InChI=1S/C23H26N4O2/c1-15-11-16(2)13-18(12-15)25-23(29)26-9-7-19(8-10-26)27-14-24-21-17(3)5-4-6-20(21)22(27)28/h4-6,11-14,19H,7-10H2,1-3H3,(H,25,29). The molecule has 1 saturated heterocycles. The average molecular weight is 390 g/mol. The van der Waals surface area contributed by atoms with E-state index < -0.39 is 0 Å². The fourth-order valence-electron chi connectivity index (χ4n) is 4.17. The van der Waals surface area contributed by atoms with Gasteiger partial charge in [-0.2, -0.15) is 0 Å². The molecule has 0 bridgehead atoms. The third-order valence-corrected chi connectivity index (χ3v) is 5.63. The van der Waals surface area contributed by atoms with E-state index in [0.717, 1.165) is 40.7 Å². The van der Waals surface area contributed by atoms with E-state index in [1.807, 2.05) is 56.0 Å². The quantitative estimate of drug-likeness (QED) is 0.713. The number of hydrogen-bond donors (Lipinski definition) is 1. The summed E-state index contributed by atoms with van der Waals surface area (Å²) in [5, 5.41) is 3.65. The molecule has 1 fully saturated rings. The van der Waals surface area contributed by atoms with Crippen LogP contribution in [0.5, 0.6) is 0 Å². The number of piperidine rings is 1. The van der Waals surface area contributed by atoms with E-state index in [-0.39, 0.29) is 17.6 Å². The van der Waals surface area contributed by atoms with Crippen LogP contribution in [0.4, 0.5) is 10.5 Å². The number of fused-ring (bicyclic) bond motifs is 1. The van der Waals surface area contributed by atoms with Gasteiger partial charge in [0.2, 0.25) is 0 Å². The highest BCUT2D eigenvalue weighted by Gasteiger charge is 2.25. The fourth-order valence-corrected chi connectivity index (χ4v) is 4.17. The van der Waals surface area contributed by atoms with Crippen molar-refractivity contribution in [3.8, 4) is 0 Å². The Labute approximate surface area is 170 Å². The molecule has 2 amide bonds. The van der Waals surface area contributed by atoms with Crippen LogP contribution in [-0.2, 0) is 0 Å². The number of aromatic nitrogens is 2. The second-order valence-corrected chi connectivity index (χ2v) is 7.95. The highest BCUT2D eigenvalue weighted by Crippen LogP contribution is 2.23. The number of carbonyl (C=O) groups excluding carboxylic acids is 1. The van der Waals surface area contributed by atoms with Crippen molar-refractivity contribution in [3.05, 3.63) is 69.8 Å². The summed E-state index contributed by atoms with van der Waals surface area (Å²) >= 11 is 0. The van der Waals surface area contributed by atoms with Crippen LogP contribution in [0.15, 0.2) is 47.5 Å². The number of amides is 2. The van der Waals surface area contributed by atoms with Gasteiger partial charge in [0.05, 0.1) is 17.2 Å². The molecule has 6 nitrogen and oxygen atoms in total. The first-order chi connectivity index (χ1) is 13.9. The van der Waals surface area contributed by atoms with Crippen molar-refractivity contribution >= 4 is 22.6 Å². The van der Waals surface area contributed by atoms with E-state index in [9.17, 15) is 9.59 Å². The van der Waals surface area contributed by atoms with Gasteiger partial charge in [0.15, 0.2) is 0 Å². The molecule has 0 spiro atoms. The van der Waals surface area contributed by atoms with E-state index in [2.05, 4.69) is 16.4 Å². The minimum atomic E-state index is -0.0898. The first kappa shape index (κ1) is 19.2. The highest BCUT2D eigenvalue weighted by atomic mass is 16.2. The maximum Gasteiger partial charge on any atom is 0.321 e. The zero-order chi connectivity index (χ0) is 20.5. The number of para-hydroxylation sites is 1. The summed E-state index contributed by atoms with van der Waals surface area (Å²) in [6.45, 7) is 7.22. The van der Waals surface area contributed by atoms with Gasteiger partial charge in [-0.25, -0.2) is 9.78 Å². The van der Waals surface area contributed by atoms with Gasteiger partial charge in [0, 0.05) is 24.8 Å². The van der Waals surface area contributed by atoms with E-state index in [4.69, 9.17) is 0 Å². The smallest absolute Gasteiger partial charge is 0.321 e. The van der Waals surface area contributed by atoms with E-state index in [0.29, 0.717) is 18.5 Å². The van der Waals surface area contributed by atoms with Crippen molar-refractivity contribution in [2.75, 3.05) is 18.4 Å². The number of hydrogen-bond acceptors (Lipinski definition) is 3. The molecule has 1 aliphatic rings. The molecule has 6 heteroatoms. The maximum absolute atomic E-state index is 12.9. The maximum atomic E-state index is 12.9. The normalized spacial score (nSPS) is 14.9. The number of nitrogens with zero attached hydrogens (tertiary/aromatic N) is 3. The van der Waals surface area contributed by atoms with Crippen molar-refractivity contribution in [2.45, 2.75) is 39.7 Å². The molecule has 150 valence electrons. The lowest BCUT2D eigenvalue weighted by atomic mass is 10.0. The van der Waals surface area contributed by atoms with Gasteiger partial charge in [-0.15, -0.1) is 0 Å². The summed E-state index contributed by atoms with van der Waals surface area (Å²) in [6.07, 6.45) is 3.13. The Bertz CT molecular complexity index is 1110. The second kappa shape index (κ2) is 7.70. The molecule has 0 unspecified atom stereocenters.